The lowest BCUT2D eigenvalue weighted by Crippen LogP contribution is -2.13. The number of anilines is 1. The van der Waals surface area contributed by atoms with Gasteiger partial charge in [0, 0.05) is 10.4 Å². The van der Waals surface area contributed by atoms with E-state index < -0.39 is 15.5 Å². The number of rotatable bonds is 2. The number of halogens is 1. The molecule has 1 aromatic heterocycles. The highest BCUT2D eigenvalue weighted by Gasteiger charge is 2.18. The lowest BCUT2D eigenvalue weighted by Gasteiger charge is -2.07. The summed E-state index contributed by atoms with van der Waals surface area (Å²) in [5.74, 6) is -0.0214. The smallest absolute Gasteiger partial charge is 0.347 e. The Morgan fingerprint density at radius 3 is 2.36 bits per heavy atom. The molecule has 0 saturated carbocycles. The Kier molecular flexibility index (Phi) is 3.38. The number of benzene rings is 2. The normalized spacial score (nSPS) is 11.7. The molecular formula is C14H10ClN3O3S. The summed E-state index contributed by atoms with van der Waals surface area (Å²) in [6, 6.07) is 10.1. The fourth-order valence-corrected chi connectivity index (χ4v) is 3.49. The van der Waals surface area contributed by atoms with E-state index in [1.807, 2.05) is 0 Å². The van der Waals surface area contributed by atoms with E-state index in [1.54, 1.807) is 0 Å². The number of aromatic amines is 1. The first-order valence-corrected chi connectivity index (χ1v) is 8.04. The molecule has 0 atom stereocenters. The molecule has 0 unspecified atom stereocenters. The maximum atomic E-state index is 12.6. The van der Waals surface area contributed by atoms with Crippen molar-refractivity contribution in [2.75, 3.05) is 5.73 Å². The van der Waals surface area contributed by atoms with Gasteiger partial charge in [-0.2, -0.15) is 4.98 Å². The van der Waals surface area contributed by atoms with Gasteiger partial charge in [-0.05, 0) is 42.5 Å². The van der Waals surface area contributed by atoms with Gasteiger partial charge in [0.25, 0.3) is 0 Å². The second-order valence-electron chi connectivity index (χ2n) is 4.59. The van der Waals surface area contributed by atoms with E-state index in [9.17, 15) is 13.2 Å². The Balaban J connectivity index is 2.21. The maximum Gasteiger partial charge on any atom is 0.347 e. The Hall–Kier alpha value is -2.38. The van der Waals surface area contributed by atoms with Gasteiger partial charge in [0.05, 0.1) is 15.3 Å². The van der Waals surface area contributed by atoms with Gasteiger partial charge in [-0.3, -0.25) is 0 Å². The van der Waals surface area contributed by atoms with Gasteiger partial charge < -0.3 is 10.7 Å². The molecule has 0 radical (unpaired) electrons. The second kappa shape index (κ2) is 5.11. The van der Waals surface area contributed by atoms with Gasteiger partial charge in [-0.15, -0.1) is 0 Å². The Labute approximate surface area is 130 Å². The molecule has 8 heteroatoms. The lowest BCUT2D eigenvalue weighted by molar-refractivity contribution is 0.596. The molecule has 112 valence electrons. The van der Waals surface area contributed by atoms with Gasteiger partial charge >= 0.3 is 5.69 Å². The number of hydrogen-bond donors (Lipinski definition) is 2. The molecule has 2 aromatic carbocycles. The van der Waals surface area contributed by atoms with E-state index in [4.69, 9.17) is 17.3 Å². The molecule has 3 N–H and O–H groups in total. The Bertz CT molecular complexity index is 1030. The van der Waals surface area contributed by atoms with E-state index in [2.05, 4.69) is 9.97 Å². The Morgan fingerprint density at radius 2 is 1.68 bits per heavy atom. The van der Waals surface area contributed by atoms with Crippen LogP contribution >= 0.6 is 11.6 Å². The topological polar surface area (TPSA) is 106 Å². The first-order valence-electron chi connectivity index (χ1n) is 6.18. The standard InChI is InChI=1S/C14H10ClN3O3S/c15-8-1-3-9(4-2-8)22(20,21)10-5-6-12-11(7-10)13(16)18-14(19)17-12/h1-7H,(H3,16,17,18,19). The largest absolute Gasteiger partial charge is 0.383 e. The summed E-state index contributed by atoms with van der Waals surface area (Å²) < 4.78 is 25.2. The zero-order valence-corrected chi connectivity index (χ0v) is 12.6. The average Bonchev–Trinajstić information content (AvgIpc) is 2.47. The molecule has 0 aliphatic rings. The van der Waals surface area contributed by atoms with Crippen molar-refractivity contribution in [3.05, 3.63) is 58.0 Å². The molecular weight excluding hydrogens is 326 g/mol. The highest BCUT2D eigenvalue weighted by atomic mass is 35.5. The molecule has 0 saturated heterocycles. The molecule has 22 heavy (non-hydrogen) atoms. The zero-order valence-electron chi connectivity index (χ0n) is 11.1. The van der Waals surface area contributed by atoms with Crippen molar-refractivity contribution in [1.82, 2.24) is 9.97 Å². The maximum absolute atomic E-state index is 12.6. The minimum Gasteiger partial charge on any atom is -0.383 e. The van der Waals surface area contributed by atoms with E-state index in [0.717, 1.165) is 0 Å². The summed E-state index contributed by atoms with van der Waals surface area (Å²) in [4.78, 5) is 17.5. The fourth-order valence-electron chi connectivity index (χ4n) is 2.07. The number of H-pyrrole nitrogens is 1. The molecule has 0 amide bonds. The van der Waals surface area contributed by atoms with Crippen LogP contribution in [0.2, 0.25) is 5.02 Å². The number of nitrogens with one attached hydrogen (secondary N) is 1. The van der Waals surface area contributed by atoms with E-state index in [0.29, 0.717) is 15.9 Å². The summed E-state index contributed by atoms with van der Waals surface area (Å²) in [6.45, 7) is 0. The molecule has 0 aliphatic heterocycles. The predicted molar refractivity (Wildman–Crippen MR) is 83.7 cm³/mol. The summed E-state index contributed by atoms with van der Waals surface area (Å²) in [5, 5.41) is 0.818. The van der Waals surface area contributed by atoms with Crippen molar-refractivity contribution in [2.24, 2.45) is 0 Å². The highest BCUT2D eigenvalue weighted by molar-refractivity contribution is 7.91. The summed E-state index contributed by atoms with van der Waals surface area (Å²) in [7, 11) is -3.71. The molecule has 0 spiro atoms. The minimum atomic E-state index is -3.71. The van der Waals surface area contributed by atoms with Crippen LogP contribution in [0.3, 0.4) is 0 Å². The summed E-state index contributed by atoms with van der Waals surface area (Å²) in [6.07, 6.45) is 0. The molecule has 0 bridgehead atoms. The third-order valence-corrected chi connectivity index (χ3v) is 5.18. The van der Waals surface area contributed by atoms with Gasteiger partial charge in [-0.25, -0.2) is 13.2 Å². The molecule has 6 nitrogen and oxygen atoms in total. The van der Waals surface area contributed by atoms with Crippen molar-refractivity contribution < 1.29 is 8.42 Å². The van der Waals surface area contributed by atoms with E-state index in [1.165, 1.54) is 42.5 Å². The van der Waals surface area contributed by atoms with E-state index in [-0.39, 0.29) is 15.6 Å². The van der Waals surface area contributed by atoms with Gasteiger partial charge in [0.2, 0.25) is 9.84 Å². The second-order valence-corrected chi connectivity index (χ2v) is 6.98. The molecule has 3 aromatic rings. The highest BCUT2D eigenvalue weighted by Crippen LogP contribution is 2.26. The van der Waals surface area contributed by atoms with Crippen LogP contribution in [-0.4, -0.2) is 18.4 Å². The summed E-state index contributed by atoms with van der Waals surface area (Å²) in [5.41, 5.74) is 5.52. The van der Waals surface area contributed by atoms with Crippen LogP contribution in [0.15, 0.2) is 57.1 Å². The minimum absolute atomic E-state index is 0.0214. The Morgan fingerprint density at radius 1 is 1.05 bits per heavy atom. The molecule has 0 aliphatic carbocycles. The van der Waals surface area contributed by atoms with Crippen LogP contribution in [-0.2, 0) is 9.84 Å². The summed E-state index contributed by atoms with van der Waals surface area (Å²) >= 11 is 5.77. The van der Waals surface area contributed by atoms with Crippen LogP contribution in [0.5, 0.6) is 0 Å². The van der Waals surface area contributed by atoms with Crippen LogP contribution < -0.4 is 11.4 Å². The zero-order chi connectivity index (χ0) is 15.9. The SMILES string of the molecule is Nc1nc(=O)[nH]c2ccc(S(=O)(=O)c3ccc(Cl)cc3)cc12. The van der Waals surface area contributed by atoms with Crippen molar-refractivity contribution in [2.45, 2.75) is 9.79 Å². The predicted octanol–water partition coefficient (Wildman–Crippen LogP) is 1.99. The van der Waals surface area contributed by atoms with Crippen LogP contribution in [0.25, 0.3) is 10.9 Å². The van der Waals surface area contributed by atoms with Crippen molar-refractivity contribution in [3.8, 4) is 0 Å². The lowest BCUT2D eigenvalue weighted by atomic mass is 10.2. The van der Waals surface area contributed by atoms with Crippen molar-refractivity contribution in [3.63, 3.8) is 0 Å². The number of hydrogen-bond acceptors (Lipinski definition) is 5. The number of sulfone groups is 1. The third kappa shape index (κ3) is 2.44. The third-order valence-electron chi connectivity index (χ3n) is 3.16. The van der Waals surface area contributed by atoms with Crippen LogP contribution in [0.1, 0.15) is 0 Å². The number of nitrogens with zero attached hydrogens (tertiary/aromatic N) is 1. The quantitative estimate of drug-likeness (QED) is 0.745. The number of nitrogen functional groups attached to an aromatic ring is 1. The molecule has 1 heterocycles. The molecule has 3 rings (SSSR count). The number of nitrogens with two attached hydrogens (primary N) is 1. The van der Waals surface area contributed by atoms with Crippen molar-refractivity contribution >= 4 is 38.2 Å². The first kappa shape index (κ1) is 14.6. The number of fused-ring (bicyclic) bond motifs is 1. The van der Waals surface area contributed by atoms with Crippen LogP contribution in [0.4, 0.5) is 5.82 Å². The van der Waals surface area contributed by atoms with Gasteiger partial charge in [0.1, 0.15) is 5.82 Å². The average molecular weight is 336 g/mol. The van der Waals surface area contributed by atoms with Gasteiger partial charge in [0.15, 0.2) is 0 Å². The number of aromatic nitrogens is 2. The van der Waals surface area contributed by atoms with Crippen LogP contribution in [0, 0.1) is 0 Å². The monoisotopic (exact) mass is 335 g/mol. The van der Waals surface area contributed by atoms with Gasteiger partial charge in [-0.1, -0.05) is 11.6 Å². The first-order chi connectivity index (χ1) is 10.4. The fraction of sp³-hybridized carbons (Fsp3) is 0. The molecule has 0 fully saturated rings. The van der Waals surface area contributed by atoms with Crippen molar-refractivity contribution in [1.29, 1.82) is 0 Å². The van der Waals surface area contributed by atoms with E-state index >= 15 is 0 Å².